The molecule has 2 rings (SSSR count). The Balaban J connectivity index is 2.23. The van der Waals surface area contributed by atoms with E-state index in [0.29, 0.717) is 6.04 Å². The average Bonchev–Trinajstić information content (AvgIpc) is 2.97. The van der Waals surface area contributed by atoms with Gasteiger partial charge < -0.3 is 5.11 Å². The Morgan fingerprint density at radius 2 is 1.95 bits per heavy atom. The van der Waals surface area contributed by atoms with Gasteiger partial charge in [0.1, 0.15) is 0 Å². The first-order chi connectivity index (χ1) is 9.72. The summed E-state index contributed by atoms with van der Waals surface area (Å²) in [5.74, 6) is -0.714. The lowest BCUT2D eigenvalue weighted by atomic mass is 9.98. The van der Waals surface area contributed by atoms with E-state index in [1.54, 1.807) is 0 Å². The van der Waals surface area contributed by atoms with E-state index in [2.05, 4.69) is 24.0 Å². The summed E-state index contributed by atoms with van der Waals surface area (Å²) in [7, 11) is 0. The molecule has 3 nitrogen and oxygen atoms in total. The van der Waals surface area contributed by atoms with Gasteiger partial charge in [-0.3, -0.25) is 9.69 Å². The zero-order chi connectivity index (χ0) is 14.4. The molecule has 0 radical (unpaired) electrons. The smallest absolute Gasteiger partial charge is 0.317 e. The molecule has 1 saturated carbocycles. The normalized spacial score (nSPS) is 17.5. The van der Waals surface area contributed by atoms with Crippen LogP contribution in [0.2, 0.25) is 0 Å². The first-order valence-electron chi connectivity index (χ1n) is 7.75. The standard InChI is InChI=1S/C17H25NO2/c1-2-8-16(14-9-4-3-5-10-14)18(13-17(19)20)15-11-6-7-12-15/h3-5,9-10,15-16H,2,6-8,11-13H2,1H3,(H,19,20). The maximum absolute atomic E-state index is 11.3. The highest BCUT2D eigenvalue weighted by molar-refractivity contribution is 5.69. The van der Waals surface area contributed by atoms with Gasteiger partial charge in [-0.25, -0.2) is 0 Å². The first kappa shape index (κ1) is 15.0. The zero-order valence-electron chi connectivity index (χ0n) is 12.3. The predicted octanol–water partition coefficient (Wildman–Crippen LogP) is 3.86. The molecule has 0 heterocycles. The van der Waals surface area contributed by atoms with Gasteiger partial charge in [0, 0.05) is 12.1 Å². The third kappa shape index (κ3) is 3.83. The fraction of sp³-hybridized carbons (Fsp3) is 0.588. The van der Waals surface area contributed by atoms with Crippen LogP contribution in [0.3, 0.4) is 0 Å². The van der Waals surface area contributed by atoms with Gasteiger partial charge in [-0.05, 0) is 24.8 Å². The number of carboxylic acids is 1. The summed E-state index contributed by atoms with van der Waals surface area (Å²) >= 11 is 0. The Hall–Kier alpha value is -1.35. The van der Waals surface area contributed by atoms with Crippen LogP contribution >= 0.6 is 0 Å². The van der Waals surface area contributed by atoms with Crippen molar-refractivity contribution in [3.8, 4) is 0 Å². The van der Waals surface area contributed by atoms with Crippen molar-refractivity contribution in [3.63, 3.8) is 0 Å². The minimum atomic E-state index is -0.714. The number of rotatable bonds is 7. The van der Waals surface area contributed by atoms with E-state index in [1.807, 2.05) is 18.2 Å². The summed E-state index contributed by atoms with van der Waals surface area (Å²) in [5, 5.41) is 9.27. The van der Waals surface area contributed by atoms with Crippen LogP contribution in [-0.4, -0.2) is 28.6 Å². The Labute approximate surface area is 121 Å². The highest BCUT2D eigenvalue weighted by Gasteiger charge is 2.30. The second kappa shape index (κ2) is 7.44. The lowest BCUT2D eigenvalue weighted by Crippen LogP contribution is -2.40. The maximum atomic E-state index is 11.3. The van der Waals surface area contributed by atoms with Crippen molar-refractivity contribution < 1.29 is 9.90 Å². The van der Waals surface area contributed by atoms with E-state index in [1.165, 1.54) is 18.4 Å². The van der Waals surface area contributed by atoms with Crippen molar-refractivity contribution in [2.24, 2.45) is 0 Å². The molecule has 0 spiro atoms. The fourth-order valence-corrected chi connectivity index (χ4v) is 3.36. The molecule has 20 heavy (non-hydrogen) atoms. The fourth-order valence-electron chi connectivity index (χ4n) is 3.36. The van der Waals surface area contributed by atoms with Gasteiger partial charge in [-0.15, -0.1) is 0 Å². The van der Waals surface area contributed by atoms with Crippen LogP contribution in [0.5, 0.6) is 0 Å². The van der Waals surface area contributed by atoms with Crippen LogP contribution in [0, 0.1) is 0 Å². The summed E-state index contributed by atoms with van der Waals surface area (Å²) in [6, 6.07) is 11.0. The number of carboxylic acid groups (broad SMARTS) is 1. The van der Waals surface area contributed by atoms with Crippen LogP contribution in [0.25, 0.3) is 0 Å². The minimum Gasteiger partial charge on any atom is -0.480 e. The molecular formula is C17H25NO2. The van der Waals surface area contributed by atoms with Crippen LogP contribution in [0.1, 0.15) is 57.1 Å². The SMILES string of the molecule is CCCC(c1ccccc1)N(CC(=O)O)C1CCCC1. The molecule has 1 aromatic rings. The van der Waals surface area contributed by atoms with Crippen molar-refractivity contribution in [1.82, 2.24) is 4.90 Å². The Morgan fingerprint density at radius 3 is 2.50 bits per heavy atom. The maximum Gasteiger partial charge on any atom is 0.317 e. The molecule has 0 saturated heterocycles. The highest BCUT2D eigenvalue weighted by Crippen LogP contribution is 2.33. The monoisotopic (exact) mass is 275 g/mol. The van der Waals surface area contributed by atoms with Crippen LogP contribution in [0.15, 0.2) is 30.3 Å². The van der Waals surface area contributed by atoms with Crippen molar-refractivity contribution in [3.05, 3.63) is 35.9 Å². The first-order valence-corrected chi connectivity index (χ1v) is 7.75. The molecule has 0 aliphatic heterocycles. The summed E-state index contributed by atoms with van der Waals surface area (Å²) < 4.78 is 0. The molecular weight excluding hydrogens is 250 g/mol. The van der Waals surface area contributed by atoms with E-state index in [9.17, 15) is 9.90 Å². The minimum absolute atomic E-state index is 0.157. The molecule has 1 unspecified atom stereocenters. The summed E-state index contributed by atoms with van der Waals surface area (Å²) in [4.78, 5) is 13.5. The Kier molecular flexibility index (Phi) is 5.60. The van der Waals surface area contributed by atoms with Gasteiger partial charge in [-0.1, -0.05) is 56.5 Å². The van der Waals surface area contributed by atoms with E-state index >= 15 is 0 Å². The molecule has 1 atom stereocenters. The molecule has 110 valence electrons. The Morgan fingerprint density at radius 1 is 1.30 bits per heavy atom. The van der Waals surface area contributed by atoms with Gasteiger partial charge in [0.15, 0.2) is 0 Å². The molecule has 0 bridgehead atoms. The molecule has 1 aromatic carbocycles. The number of carbonyl (C=O) groups is 1. The van der Waals surface area contributed by atoms with E-state index in [0.717, 1.165) is 25.7 Å². The second-order valence-corrected chi connectivity index (χ2v) is 5.72. The molecule has 0 amide bonds. The predicted molar refractivity (Wildman–Crippen MR) is 80.7 cm³/mol. The molecule has 1 aliphatic rings. The topological polar surface area (TPSA) is 40.5 Å². The zero-order valence-corrected chi connectivity index (χ0v) is 12.3. The third-order valence-electron chi connectivity index (χ3n) is 4.26. The van der Waals surface area contributed by atoms with Crippen molar-refractivity contribution in [2.75, 3.05) is 6.54 Å². The van der Waals surface area contributed by atoms with Gasteiger partial charge >= 0.3 is 5.97 Å². The van der Waals surface area contributed by atoms with Gasteiger partial charge in [0.25, 0.3) is 0 Å². The quantitative estimate of drug-likeness (QED) is 0.821. The number of aliphatic carboxylic acids is 1. The third-order valence-corrected chi connectivity index (χ3v) is 4.26. The lowest BCUT2D eigenvalue weighted by molar-refractivity contribution is -0.139. The van der Waals surface area contributed by atoms with Crippen molar-refractivity contribution in [1.29, 1.82) is 0 Å². The van der Waals surface area contributed by atoms with Gasteiger partial charge in [-0.2, -0.15) is 0 Å². The van der Waals surface area contributed by atoms with Gasteiger partial charge in [0.2, 0.25) is 0 Å². The molecule has 3 heteroatoms. The van der Waals surface area contributed by atoms with E-state index in [4.69, 9.17) is 0 Å². The number of nitrogens with zero attached hydrogens (tertiary/aromatic N) is 1. The van der Waals surface area contributed by atoms with Crippen LogP contribution in [0.4, 0.5) is 0 Å². The molecule has 0 aromatic heterocycles. The number of benzene rings is 1. The Bertz CT molecular complexity index is 412. The molecule has 1 aliphatic carbocycles. The lowest BCUT2D eigenvalue weighted by Gasteiger charge is -2.35. The number of hydrogen-bond donors (Lipinski definition) is 1. The van der Waals surface area contributed by atoms with E-state index in [-0.39, 0.29) is 12.6 Å². The van der Waals surface area contributed by atoms with Gasteiger partial charge in [0.05, 0.1) is 6.54 Å². The van der Waals surface area contributed by atoms with Crippen molar-refractivity contribution in [2.45, 2.75) is 57.5 Å². The molecule has 1 N–H and O–H groups in total. The number of hydrogen-bond acceptors (Lipinski definition) is 2. The summed E-state index contributed by atoms with van der Waals surface area (Å²) in [5.41, 5.74) is 1.25. The van der Waals surface area contributed by atoms with Crippen LogP contribution < -0.4 is 0 Å². The second-order valence-electron chi connectivity index (χ2n) is 5.72. The highest BCUT2D eigenvalue weighted by atomic mass is 16.4. The largest absolute Gasteiger partial charge is 0.480 e. The average molecular weight is 275 g/mol. The summed E-state index contributed by atoms with van der Waals surface area (Å²) in [6.07, 6.45) is 6.83. The van der Waals surface area contributed by atoms with Crippen LogP contribution in [-0.2, 0) is 4.79 Å². The molecule has 1 fully saturated rings. The van der Waals surface area contributed by atoms with E-state index < -0.39 is 5.97 Å². The summed E-state index contributed by atoms with van der Waals surface area (Å²) in [6.45, 7) is 2.33. The van der Waals surface area contributed by atoms with Crippen molar-refractivity contribution >= 4 is 5.97 Å².